The van der Waals surface area contributed by atoms with Gasteiger partial charge in [0.25, 0.3) is 5.91 Å². The highest BCUT2D eigenvalue weighted by Gasteiger charge is 2.10. The molecule has 0 unspecified atom stereocenters. The third kappa shape index (κ3) is 3.82. The molecule has 1 amide bonds. The van der Waals surface area contributed by atoms with Gasteiger partial charge >= 0.3 is 0 Å². The molecule has 0 saturated carbocycles. The van der Waals surface area contributed by atoms with E-state index in [0.29, 0.717) is 12.1 Å². The third-order valence-electron chi connectivity index (χ3n) is 2.82. The maximum atomic E-state index is 12.3. The van der Waals surface area contributed by atoms with E-state index >= 15 is 0 Å². The predicted octanol–water partition coefficient (Wildman–Crippen LogP) is 2.83. The van der Waals surface area contributed by atoms with Crippen molar-refractivity contribution in [3.8, 4) is 0 Å². The Morgan fingerprint density at radius 1 is 1.15 bits per heavy atom. The molecule has 0 aliphatic carbocycles. The summed E-state index contributed by atoms with van der Waals surface area (Å²) < 4.78 is 0. The number of rotatable bonds is 5. The summed E-state index contributed by atoms with van der Waals surface area (Å²) in [5.41, 5.74) is 2.55. The van der Waals surface area contributed by atoms with E-state index in [2.05, 4.69) is 15.6 Å². The maximum Gasteiger partial charge on any atom is 0.253 e. The van der Waals surface area contributed by atoms with Crippen molar-refractivity contribution < 1.29 is 4.79 Å². The molecule has 0 atom stereocenters. The number of hydrogen-bond acceptors (Lipinski definition) is 3. The van der Waals surface area contributed by atoms with Gasteiger partial charge in [-0.2, -0.15) is 0 Å². The normalized spacial score (nSPS) is 10.3. The second-order valence-corrected chi connectivity index (χ2v) is 4.88. The fourth-order valence-electron chi connectivity index (χ4n) is 1.90. The fourth-order valence-corrected chi connectivity index (χ4v) is 1.90. The summed E-state index contributed by atoms with van der Waals surface area (Å²) in [5, 5.41) is 6.20. The lowest BCUT2D eigenvalue weighted by Crippen LogP contribution is -2.24. The summed E-state index contributed by atoms with van der Waals surface area (Å²) in [6.45, 7) is 4.59. The van der Waals surface area contributed by atoms with Crippen LogP contribution in [-0.4, -0.2) is 16.9 Å². The van der Waals surface area contributed by atoms with Crippen LogP contribution in [0.1, 0.15) is 29.8 Å². The molecule has 2 N–H and O–H groups in total. The summed E-state index contributed by atoms with van der Waals surface area (Å²) >= 11 is 0. The number of nitrogens with zero attached hydrogens (tertiary/aromatic N) is 1. The monoisotopic (exact) mass is 269 g/mol. The quantitative estimate of drug-likeness (QED) is 0.877. The number of amides is 1. The third-order valence-corrected chi connectivity index (χ3v) is 2.82. The Morgan fingerprint density at radius 2 is 1.85 bits per heavy atom. The highest BCUT2D eigenvalue weighted by Crippen LogP contribution is 2.16. The zero-order chi connectivity index (χ0) is 14.4. The van der Waals surface area contributed by atoms with E-state index < -0.39 is 0 Å². The van der Waals surface area contributed by atoms with Crippen LogP contribution in [0.2, 0.25) is 0 Å². The van der Waals surface area contributed by atoms with Crippen LogP contribution in [-0.2, 0) is 6.54 Å². The minimum absolute atomic E-state index is 0.0782. The first-order chi connectivity index (χ1) is 9.66. The number of carbonyl (C=O) groups excluding carboxylic acids is 1. The summed E-state index contributed by atoms with van der Waals surface area (Å²) in [5.74, 6) is -0.0782. The van der Waals surface area contributed by atoms with Crippen molar-refractivity contribution in [3.05, 3.63) is 59.9 Å². The molecule has 1 heterocycles. The van der Waals surface area contributed by atoms with Gasteiger partial charge in [0, 0.05) is 30.7 Å². The van der Waals surface area contributed by atoms with E-state index in [9.17, 15) is 4.79 Å². The molecule has 0 aliphatic rings. The Bertz CT molecular complexity index is 567. The van der Waals surface area contributed by atoms with Crippen molar-refractivity contribution >= 4 is 11.6 Å². The molecule has 4 nitrogen and oxygen atoms in total. The van der Waals surface area contributed by atoms with E-state index in [4.69, 9.17) is 0 Å². The molecule has 0 saturated heterocycles. The SMILES string of the molecule is CC(C)Nc1ccccc1C(=O)NCc1ccncc1. The molecule has 20 heavy (non-hydrogen) atoms. The molecule has 0 bridgehead atoms. The molecular formula is C16H19N3O. The topological polar surface area (TPSA) is 54.0 Å². The van der Waals surface area contributed by atoms with Gasteiger partial charge < -0.3 is 10.6 Å². The van der Waals surface area contributed by atoms with Gasteiger partial charge in [-0.3, -0.25) is 9.78 Å². The predicted molar refractivity (Wildman–Crippen MR) is 80.6 cm³/mol. The lowest BCUT2D eigenvalue weighted by Gasteiger charge is -2.14. The number of nitrogens with one attached hydrogen (secondary N) is 2. The summed E-state index contributed by atoms with van der Waals surface area (Å²) in [7, 11) is 0. The van der Waals surface area contributed by atoms with Crippen molar-refractivity contribution in [1.29, 1.82) is 0 Å². The van der Waals surface area contributed by atoms with Crippen LogP contribution in [0.25, 0.3) is 0 Å². The number of aromatic nitrogens is 1. The van der Waals surface area contributed by atoms with Crippen molar-refractivity contribution in [2.75, 3.05) is 5.32 Å². The van der Waals surface area contributed by atoms with Gasteiger partial charge in [-0.25, -0.2) is 0 Å². The molecule has 0 fully saturated rings. The largest absolute Gasteiger partial charge is 0.382 e. The molecule has 2 aromatic rings. The van der Waals surface area contributed by atoms with Gasteiger partial charge in [0.2, 0.25) is 0 Å². The second-order valence-electron chi connectivity index (χ2n) is 4.88. The summed E-state index contributed by atoms with van der Waals surface area (Å²) in [6, 6.07) is 11.6. The minimum Gasteiger partial charge on any atom is -0.382 e. The van der Waals surface area contributed by atoms with Crippen molar-refractivity contribution in [3.63, 3.8) is 0 Å². The zero-order valence-corrected chi connectivity index (χ0v) is 11.8. The first-order valence-corrected chi connectivity index (χ1v) is 6.69. The van der Waals surface area contributed by atoms with Gasteiger partial charge in [-0.05, 0) is 43.7 Å². The number of anilines is 1. The Hall–Kier alpha value is -2.36. The maximum absolute atomic E-state index is 12.3. The Balaban J connectivity index is 2.05. The average molecular weight is 269 g/mol. The lowest BCUT2D eigenvalue weighted by atomic mass is 10.1. The number of para-hydroxylation sites is 1. The van der Waals surface area contributed by atoms with Crippen LogP contribution in [0, 0.1) is 0 Å². The van der Waals surface area contributed by atoms with Crippen LogP contribution in [0.4, 0.5) is 5.69 Å². The van der Waals surface area contributed by atoms with Crippen molar-refractivity contribution in [1.82, 2.24) is 10.3 Å². The van der Waals surface area contributed by atoms with Crippen LogP contribution in [0.3, 0.4) is 0 Å². The second kappa shape index (κ2) is 6.70. The first-order valence-electron chi connectivity index (χ1n) is 6.69. The van der Waals surface area contributed by atoms with Crippen LogP contribution >= 0.6 is 0 Å². The number of benzene rings is 1. The Labute approximate surface area is 119 Å². The standard InChI is InChI=1S/C16H19N3O/c1-12(2)19-15-6-4-3-5-14(15)16(20)18-11-13-7-9-17-10-8-13/h3-10,12,19H,11H2,1-2H3,(H,18,20). The molecule has 0 aliphatic heterocycles. The lowest BCUT2D eigenvalue weighted by molar-refractivity contribution is 0.0951. The smallest absolute Gasteiger partial charge is 0.253 e. The number of pyridine rings is 1. The Kier molecular flexibility index (Phi) is 4.71. The highest BCUT2D eigenvalue weighted by atomic mass is 16.1. The average Bonchev–Trinajstić information content (AvgIpc) is 2.46. The Morgan fingerprint density at radius 3 is 2.55 bits per heavy atom. The van der Waals surface area contributed by atoms with E-state index in [-0.39, 0.29) is 11.9 Å². The molecule has 1 aromatic carbocycles. The summed E-state index contributed by atoms with van der Waals surface area (Å²) in [4.78, 5) is 16.2. The van der Waals surface area contributed by atoms with Gasteiger partial charge in [-0.15, -0.1) is 0 Å². The molecule has 0 radical (unpaired) electrons. The molecule has 2 rings (SSSR count). The van der Waals surface area contributed by atoms with Crippen molar-refractivity contribution in [2.24, 2.45) is 0 Å². The van der Waals surface area contributed by atoms with Crippen LogP contribution < -0.4 is 10.6 Å². The van der Waals surface area contributed by atoms with E-state index in [1.54, 1.807) is 12.4 Å². The molecule has 1 aromatic heterocycles. The highest BCUT2D eigenvalue weighted by molar-refractivity contribution is 5.99. The van der Waals surface area contributed by atoms with E-state index in [1.165, 1.54) is 0 Å². The molecular weight excluding hydrogens is 250 g/mol. The fraction of sp³-hybridized carbons (Fsp3) is 0.250. The minimum atomic E-state index is -0.0782. The van der Waals surface area contributed by atoms with Gasteiger partial charge in [0.15, 0.2) is 0 Å². The number of carbonyl (C=O) groups is 1. The van der Waals surface area contributed by atoms with Crippen LogP contribution in [0.5, 0.6) is 0 Å². The molecule has 0 spiro atoms. The first kappa shape index (κ1) is 14.1. The molecule has 4 heteroatoms. The van der Waals surface area contributed by atoms with Gasteiger partial charge in [0.1, 0.15) is 0 Å². The number of hydrogen-bond donors (Lipinski definition) is 2. The van der Waals surface area contributed by atoms with Crippen molar-refractivity contribution in [2.45, 2.75) is 26.4 Å². The zero-order valence-electron chi connectivity index (χ0n) is 11.8. The summed E-state index contributed by atoms with van der Waals surface area (Å²) in [6.07, 6.45) is 3.44. The molecule has 104 valence electrons. The van der Waals surface area contributed by atoms with Crippen LogP contribution in [0.15, 0.2) is 48.8 Å². The van der Waals surface area contributed by atoms with E-state index in [0.717, 1.165) is 11.3 Å². The van der Waals surface area contributed by atoms with Gasteiger partial charge in [-0.1, -0.05) is 12.1 Å². The van der Waals surface area contributed by atoms with E-state index in [1.807, 2.05) is 50.2 Å². The van der Waals surface area contributed by atoms with Gasteiger partial charge in [0.05, 0.1) is 5.56 Å².